The van der Waals surface area contributed by atoms with E-state index < -0.39 is 0 Å². The van der Waals surface area contributed by atoms with Crippen molar-refractivity contribution in [1.82, 2.24) is 10.3 Å². The van der Waals surface area contributed by atoms with Gasteiger partial charge in [-0.15, -0.1) is 0 Å². The van der Waals surface area contributed by atoms with Gasteiger partial charge in [-0.1, -0.05) is 34.1 Å². The number of nitrogens with one attached hydrogen (secondary N) is 1. The van der Waals surface area contributed by atoms with E-state index in [-0.39, 0.29) is 5.91 Å². The molecule has 0 fully saturated rings. The van der Waals surface area contributed by atoms with Crippen LogP contribution in [0, 0.1) is 0 Å². The highest BCUT2D eigenvalue weighted by molar-refractivity contribution is 9.10. The van der Waals surface area contributed by atoms with E-state index in [9.17, 15) is 4.79 Å². The Morgan fingerprint density at radius 1 is 1.26 bits per heavy atom. The maximum absolute atomic E-state index is 11.6. The summed E-state index contributed by atoms with van der Waals surface area (Å²) in [6.07, 6.45) is 6.75. The molecule has 3 nitrogen and oxygen atoms in total. The molecule has 0 unspecified atom stereocenters. The molecule has 0 bridgehead atoms. The van der Waals surface area contributed by atoms with Crippen molar-refractivity contribution < 1.29 is 4.79 Å². The summed E-state index contributed by atoms with van der Waals surface area (Å²) in [5, 5.41) is 2.81. The van der Waals surface area contributed by atoms with E-state index in [1.165, 1.54) is 6.08 Å². The molecular weight excluding hydrogens is 304 g/mol. The molecule has 2 rings (SSSR count). The molecule has 19 heavy (non-hydrogen) atoms. The van der Waals surface area contributed by atoms with Gasteiger partial charge in [0.25, 0.3) is 0 Å². The first-order chi connectivity index (χ1) is 9.24. The number of hydrogen-bond donors (Lipinski definition) is 1. The van der Waals surface area contributed by atoms with Crippen LogP contribution in [0.4, 0.5) is 0 Å². The summed E-state index contributed by atoms with van der Waals surface area (Å²) in [5.74, 6) is -0.119. The van der Waals surface area contributed by atoms with Crippen molar-refractivity contribution in [3.8, 4) is 0 Å². The molecule has 1 N–H and O–H groups in total. The zero-order chi connectivity index (χ0) is 13.5. The summed E-state index contributed by atoms with van der Waals surface area (Å²) < 4.78 is 1.02. The van der Waals surface area contributed by atoms with Crippen molar-refractivity contribution in [2.45, 2.75) is 6.54 Å². The SMILES string of the molecule is O=C(/C=C/c1ccc(Br)cc1)NCc1cccnc1. The molecule has 4 heteroatoms. The number of aromatic nitrogens is 1. The Kier molecular flexibility index (Phi) is 4.86. The smallest absolute Gasteiger partial charge is 0.244 e. The predicted octanol–water partition coefficient (Wildman–Crippen LogP) is 3.17. The second-order valence-electron chi connectivity index (χ2n) is 3.96. The molecule has 0 aliphatic carbocycles. The van der Waals surface area contributed by atoms with E-state index in [1.807, 2.05) is 36.4 Å². The fourth-order valence-electron chi connectivity index (χ4n) is 1.50. The van der Waals surface area contributed by atoms with Gasteiger partial charge in [-0.3, -0.25) is 9.78 Å². The van der Waals surface area contributed by atoms with Crippen molar-refractivity contribution in [3.63, 3.8) is 0 Å². The van der Waals surface area contributed by atoms with E-state index in [1.54, 1.807) is 18.5 Å². The minimum atomic E-state index is -0.119. The first-order valence-electron chi connectivity index (χ1n) is 5.84. The lowest BCUT2D eigenvalue weighted by Gasteiger charge is -2.01. The number of rotatable bonds is 4. The van der Waals surface area contributed by atoms with Crippen LogP contribution in [0.15, 0.2) is 59.3 Å². The summed E-state index contributed by atoms with van der Waals surface area (Å²) in [6, 6.07) is 11.5. The van der Waals surface area contributed by atoms with Gasteiger partial charge in [0, 0.05) is 29.5 Å². The van der Waals surface area contributed by atoms with Gasteiger partial charge in [-0.2, -0.15) is 0 Å². The summed E-state index contributed by atoms with van der Waals surface area (Å²) in [6.45, 7) is 0.483. The number of carbonyl (C=O) groups excluding carboxylic acids is 1. The lowest BCUT2D eigenvalue weighted by molar-refractivity contribution is -0.116. The Morgan fingerprint density at radius 2 is 2.05 bits per heavy atom. The van der Waals surface area contributed by atoms with Gasteiger partial charge in [0.15, 0.2) is 0 Å². The summed E-state index contributed by atoms with van der Waals surface area (Å²) >= 11 is 3.37. The molecule has 0 radical (unpaired) electrons. The van der Waals surface area contributed by atoms with Crippen molar-refractivity contribution in [3.05, 3.63) is 70.5 Å². The molecule has 0 saturated carbocycles. The second kappa shape index (κ2) is 6.85. The lowest BCUT2D eigenvalue weighted by atomic mass is 10.2. The highest BCUT2D eigenvalue weighted by atomic mass is 79.9. The van der Waals surface area contributed by atoms with Crippen molar-refractivity contribution in [1.29, 1.82) is 0 Å². The molecule has 1 aromatic heterocycles. The fraction of sp³-hybridized carbons (Fsp3) is 0.0667. The zero-order valence-electron chi connectivity index (χ0n) is 10.2. The second-order valence-corrected chi connectivity index (χ2v) is 4.88. The maximum atomic E-state index is 11.6. The summed E-state index contributed by atoms with van der Waals surface area (Å²) in [4.78, 5) is 15.6. The standard InChI is InChI=1S/C15H13BrN2O/c16-14-6-3-12(4-7-14)5-8-15(19)18-11-13-2-1-9-17-10-13/h1-10H,11H2,(H,18,19)/b8-5+. The lowest BCUT2D eigenvalue weighted by Crippen LogP contribution is -2.20. The van der Waals surface area contributed by atoms with Crippen LogP contribution in [0.3, 0.4) is 0 Å². The van der Waals surface area contributed by atoms with Gasteiger partial charge in [0.2, 0.25) is 5.91 Å². The van der Waals surface area contributed by atoms with Gasteiger partial charge < -0.3 is 5.32 Å². The van der Waals surface area contributed by atoms with Crippen LogP contribution < -0.4 is 5.32 Å². The first-order valence-corrected chi connectivity index (χ1v) is 6.64. The molecular formula is C15H13BrN2O. The molecule has 1 amide bonds. The van der Waals surface area contributed by atoms with Crippen LogP contribution in [0.2, 0.25) is 0 Å². The minimum absolute atomic E-state index is 0.119. The topological polar surface area (TPSA) is 42.0 Å². The largest absolute Gasteiger partial charge is 0.348 e. The van der Waals surface area contributed by atoms with Crippen molar-refractivity contribution >= 4 is 27.9 Å². The fourth-order valence-corrected chi connectivity index (χ4v) is 1.76. The molecule has 0 aliphatic rings. The Bertz CT molecular complexity index is 564. The average Bonchev–Trinajstić information content (AvgIpc) is 2.45. The van der Waals surface area contributed by atoms with Crippen LogP contribution in [-0.2, 0) is 11.3 Å². The molecule has 96 valence electrons. The maximum Gasteiger partial charge on any atom is 0.244 e. The summed E-state index contributed by atoms with van der Waals surface area (Å²) in [5.41, 5.74) is 1.97. The monoisotopic (exact) mass is 316 g/mol. The van der Waals surface area contributed by atoms with Gasteiger partial charge in [-0.25, -0.2) is 0 Å². The Balaban J connectivity index is 1.86. The van der Waals surface area contributed by atoms with Gasteiger partial charge in [0.1, 0.15) is 0 Å². The molecule has 0 aliphatic heterocycles. The van der Waals surface area contributed by atoms with E-state index in [4.69, 9.17) is 0 Å². The van der Waals surface area contributed by atoms with Gasteiger partial charge in [-0.05, 0) is 35.4 Å². The van der Waals surface area contributed by atoms with Gasteiger partial charge in [0.05, 0.1) is 0 Å². The molecule has 1 heterocycles. The Morgan fingerprint density at radius 3 is 2.74 bits per heavy atom. The molecule has 0 spiro atoms. The highest BCUT2D eigenvalue weighted by Gasteiger charge is 1.96. The van der Waals surface area contributed by atoms with Crippen LogP contribution in [0.5, 0.6) is 0 Å². The molecule has 0 atom stereocenters. The van der Waals surface area contributed by atoms with Gasteiger partial charge >= 0.3 is 0 Å². The van der Waals surface area contributed by atoms with E-state index in [0.29, 0.717) is 6.54 Å². The highest BCUT2D eigenvalue weighted by Crippen LogP contribution is 2.11. The molecule has 0 saturated heterocycles. The predicted molar refractivity (Wildman–Crippen MR) is 79.3 cm³/mol. The Hall–Kier alpha value is -1.94. The summed E-state index contributed by atoms with van der Waals surface area (Å²) in [7, 11) is 0. The van der Waals surface area contributed by atoms with Crippen molar-refractivity contribution in [2.75, 3.05) is 0 Å². The molecule has 1 aromatic carbocycles. The number of halogens is 1. The van der Waals surface area contributed by atoms with Crippen LogP contribution in [0.1, 0.15) is 11.1 Å². The quantitative estimate of drug-likeness (QED) is 0.880. The van der Waals surface area contributed by atoms with Crippen LogP contribution in [-0.4, -0.2) is 10.9 Å². The van der Waals surface area contributed by atoms with E-state index >= 15 is 0 Å². The van der Waals surface area contributed by atoms with Crippen molar-refractivity contribution in [2.24, 2.45) is 0 Å². The Labute approximate surface area is 120 Å². The first kappa shape index (κ1) is 13.5. The normalized spacial score (nSPS) is 10.6. The minimum Gasteiger partial charge on any atom is -0.348 e. The number of nitrogens with zero attached hydrogens (tertiary/aromatic N) is 1. The molecule has 2 aromatic rings. The number of amides is 1. The van der Waals surface area contributed by atoms with E-state index in [2.05, 4.69) is 26.2 Å². The number of pyridine rings is 1. The zero-order valence-corrected chi connectivity index (χ0v) is 11.8. The van der Waals surface area contributed by atoms with Crippen LogP contribution >= 0.6 is 15.9 Å². The third-order valence-electron chi connectivity index (χ3n) is 2.49. The third kappa shape index (κ3) is 4.67. The number of benzene rings is 1. The average molecular weight is 317 g/mol. The number of hydrogen-bond acceptors (Lipinski definition) is 2. The van der Waals surface area contributed by atoms with Crippen LogP contribution in [0.25, 0.3) is 6.08 Å². The third-order valence-corrected chi connectivity index (χ3v) is 3.02. The van der Waals surface area contributed by atoms with E-state index in [0.717, 1.165) is 15.6 Å². The number of carbonyl (C=O) groups is 1.